The van der Waals surface area contributed by atoms with Crippen molar-refractivity contribution in [1.29, 1.82) is 0 Å². The summed E-state index contributed by atoms with van der Waals surface area (Å²) >= 11 is 0. The Morgan fingerprint density at radius 1 is 1.11 bits per heavy atom. The van der Waals surface area contributed by atoms with Crippen molar-refractivity contribution in [1.82, 2.24) is 5.32 Å². The van der Waals surface area contributed by atoms with Gasteiger partial charge in [-0.2, -0.15) is 0 Å². The molecule has 1 aliphatic carbocycles. The molecule has 1 aliphatic heterocycles. The summed E-state index contributed by atoms with van der Waals surface area (Å²) < 4.78 is 5.45. The second-order valence-corrected chi connectivity index (χ2v) is 6.62. The lowest BCUT2D eigenvalue weighted by Gasteiger charge is -2.39. The number of benzene rings is 1. The predicted octanol–water partition coefficient (Wildman–Crippen LogP) is 3.57. The van der Waals surface area contributed by atoms with E-state index in [1.165, 1.54) is 24.0 Å². The van der Waals surface area contributed by atoms with Crippen LogP contribution in [0.2, 0.25) is 0 Å². The van der Waals surface area contributed by atoms with Gasteiger partial charge in [-0.1, -0.05) is 38.1 Å². The van der Waals surface area contributed by atoms with Crippen LogP contribution in [0, 0.1) is 0 Å². The summed E-state index contributed by atoms with van der Waals surface area (Å²) in [4.78, 5) is 0. The predicted molar refractivity (Wildman–Crippen MR) is 78.4 cm³/mol. The molecule has 0 aromatic heterocycles. The Morgan fingerprint density at radius 2 is 1.84 bits per heavy atom. The highest BCUT2D eigenvalue weighted by molar-refractivity contribution is 5.38. The third-order valence-corrected chi connectivity index (χ3v) is 4.78. The molecule has 0 amide bonds. The van der Waals surface area contributed by atoms with Crippen LogP contribution in [0.3, 0.4) is 0 Å². The number of hydrogen-bond donors (Lipinski definition) is 1. The maximum absolute atomic E-state index is 5.45. The lowest BCUT2D eigenvalue weighted by atomic mass is 9.71. The van der Waals surface area contributed by atoms with Gasteiger partial charge in [-0.25, -0.2) is 0 Å². The van der Waals surface area contributed by atoms with E-state index in [1.54, 1.807) is 0 Å². The first-order chi connectivity index (χ1) is 9.17. The molecule has 1 atom stereocenters. The average Bonchev–Trinajstić information content (AvgIpc) is 2.44. The van der Waals surface area contributed by atoms with E-state index in [1.807, 2.05) is 0 Å². The smallest absolute Gasteiger partial charge is 0.0480 e. The summed E-state index contributed by atoms with van der Waals surface area (Å²) in [6, 6.07) is 10.1. The van der Waals surface area contributed by atoms with Crippen molar-refractivity contribution < 1.29 is 4.74 Å². The molecule has 2 nitrogen and oxygen atoms in total. The zero-order valence-corrected chi connectivity index (χ0v) is 12.1. The van der Waals surface area contributed by atoms with E-state index in [-0.39, 0.29) is 0 Å². The average molecular weight is 259 g/mol. The molecule has 0 bridgehead atoms. The van der Waals surface area contributed by atoms with Crippen molar-refractivity contribution in [3.05, 3.63) is 35.4 Å². The minimum atomic E-state index is 0.324. The molecule has 1 N–H and O–H groups in total. The van der Waals surface area contributed by atoms with Gasteiger partial charge in [-0.05, 0) is 42.2 Å². The fourth-order valence-corrected chi connectivity index (χ4v) is 3.53. The Balaban J connectivity index is 1.80. The van der Waals surface area contributed by atoms with Gasteiger partial charge in [0.25, 0.3) is 0 Å². The molecule has 104 valence electrons. The summed E-state index contributed by atoms with van der Waals surface area (Å²) in [5.41, 5.74) is 3.38. The molecule has 2 aliphatic rings. The standard InChI is InChI=1S/C17H25NO/c1-17(2)10-7-16(14-5-3-4-6-15(14)17)18-13-8-11-19-12-9-13/h3-6,13,16,18H,7-12H2,1-2H3. The van der Waals surface area contributed by atoms with E-state index in [9.17, 15) is 0 Å². The van der Waals surface area contributed by atoms with Crippen LogP contribution in [-0.4, -0.2) is 19.3 Å². The van der Waals surface area contributed by atoms with Gasteiger partial charge < -0.3 is 10.1 Å². The molecule has 0 radical (unpaired) electrons. The molecule has 1 saturated heterocycles. The highest BCUT2D eigenvalue weighted by atomic mass is 16.5. The van der Waals surface area contributed by atoms with Crippen LogP contribution in [0.15, 0.2) is 24.3 Å². The summed E-state index contributed by atoms with van der Waals surface area (Å²) in [6.45, 7) is 6.57. The monoisotopic (exact) mass is 259 g/mol. The summed E-state index contributed by atoms with van der Waals surface area (Å²) in [5, 5.41) is 3.87. The Hall–Kier alpha value is -0.860. The van der Waals surface area contributed by atoms with Gasteiger partial charge in [0.2, 0.25) is 0 Å². The summed E-state index contributed by atoms with van der Waals surface area (Å²) in [6.07, 6.45) is 4.83. The van der Waals surface area contributed by atoms with Crippen molar-refractivity contribution in [2.45, 2.75) is 57.0 Å². The lowest BCUT2D eigenvalue weighted by molar-refractivity contribution is 0.0736. The van der Waals surface area contributed by atoms with Crippen molar-refractivity contribution in [3.63, 3.8) is 0 Å². The fourth-order valence-electron chi connectivity index (χ4n) is 3.53. The minimum absolute atomic E-state index is 0.324. The second-order valence-electron chi connectivity index (χ2n) is 6.62. The van der Waals surface area contributed by atoms with Crippen molar-refractivity contribution >= 4 is 0 Å². The third kappa shape index (κ3) is 2.70. The van der Waals surface area contributed by atoms with Crippen LogP contribution in [0.5, 0.6) is 0 Å². The Bertz CT molecular complexity index is 435. The maximum atomic E-state index is 5.45. The first-order valence-corrected chi connectivity index (χ1v) is 7.60. The van der Waals surface area contributed by atoms with Crippen LogP contribution in [0.1, 0.15) is 56.7 Å². The van der Waals surface area contributed by atoms with E-state index in [4.69, 9.17) is 4.74 Å². The van der Waals surface area contributed by atoms with E-state index < -0.39 is 0 Å². The number of nitrogens with one attached hydrogen (secondary N) is 1. The Kier molecular flexibility index (Phi) is 3.64. The highest BCUT2D eigenvalue weighted by Crippen LogP contribution is 2.41. The Morgan fingerprint density at radius 3 is 2.63 bits per heavy atom. The van der Waals surface area contributed by atoms with Gasteiger partial charge >= 0.3 is 0 Å². The van der Waals surface area contributed by atoms with Gasteiger partial charge in [0, 0.05) is 25.3 Å². The number of ether oxygens (including phenoxy) is 1. The van der Waals surface area contributed by atoms with E-state index in [0.717, 1.165) is 26.1 Å². The molecule has 1 heterocycles. The first-order valence-electron chi connectivity index (χ1n) is 7.60. The van der Waals surface area contributed by atoms with E-state index in [2.05, 4.69) is 43.4 Å². The number of rotatable bonds is 2. The summed E-state index contributed by atoms with van der Waals surface area (Å²) in [7, 11) is 0. The first kappa shape index (κ1) is 13.1. The second kappa shape index (κ2) is 5.26. The van der Waals surface area contributed by atoms with Crippen LogP contribution in [0.4, 0.5) is 0 Å². The maximum Gasteiger partial charge on any atom is 0.0480 e. The SMILES string of the molecule is CC1(C)CCC(NC2CCOCC2)c2ccccc21. The molecular formula is C17H25NO. The van der Waals surface area contributed by atoms with Crippen LogP contribution in [0.25, 0.3) is 0 Å². The van der Waals surface area contributed by atoms with Crippen LogP contribution < -0.4 is 5.32 Å². The number of fused-ring (bicyclic) bond motifs is 1. The molecule has 1 aromatic carbocycles. The quantitative estimate of drug-likeness (QED) is 0.876. The largest absolute Gasteiger partial charge is 0.381 e. The van der Waals surface area contributed by atoms with Gasteiger partial charge in [-0.15, -0.1) is 0 Å². The van der Waals surface area contributed by atoms with Gasteiger partial charge in [0.05, 0.1) is 0 Å². The van der Waals surface area contributed by atoms with Crippen molar-refractivity contribution in [2.75, 3.05) is 13.2 Å². The van der Waals surface area contributed by atoms with Gasteiger partial charge in [-0.3, -0.25) is 0 Å². The van der Waals surface area contributed by atoms with Gasteiger partial charge in [0.15, 0.2) is 0 Å². The van der Waals surface area contributed by atoms with E-state index >= 15 is 0 Å². The van der Waals surface area contributed by atoms with E-state index in [0.29, 0.717) is 17.5 Å². The number of hydrogen-bond acceptors (Lipinski definition) is 2. The van der Waals surface area contributed by atoms with Crippen molar-refractivity contribution in [2.24, 2.45) is 0 Å². The molecule has 1 fully saturated rings. The summed E-state index contributed by atoms with van der Waals surface area (Å²) in [5.74, 6) is 0. The minimum Gasteiger partial charge on any atom is -0.381 e. The lowest BCUT2D eigenvalue weighted by Crippen LogP contribution is -2.40. The van der Waals surface area contributed by atoms with Crippen LogP contribution >= 0.6 is 0 Å². The van der Waals surface area contributed by atoms with Crippen molar-refractivity contribution in [3.8, 4) is 0 Å². The fraction of sp³-hybridized carbons (Fsp3) is 0.647. The normalized spacial score (nSPS) is 26.9. The molecule has 2 heteroatoms. The molecule has 3 rings (SSSR count). The topological polar surface area (TPSA) is 21.3 Å². The molecule has 0 saturated carbocycles. The molecule has 1 aromatic rings. The van der Waals surface area contributed by atoms with Crippen LogP contribution in [-0.2, 0) is 10.2 Å². The molecule has 0 spiro atoms. The third-order valence-electron chi connectivity index (χ3n) is 4.78. The molecular weight excluding hydrogens is 234 g/mol. The molecule has 1 unspecified atom stereocenters. The highest BCUT2D eigenvalue weighted by Gasteiger charge is 2.33. The zero-order chi connectivity index (χ0) is 13.3. The Labute approximate surface area is 116 Å². The van der Waals surface area contributed by atoms with Gasteiger partial charge in [0.1, 0.15) is 0 Å². The zero-order valence-electron chi connectivity index (χ0n) is 12.1. The molecule has 19 heavy (non-hydrogen) atoms.